The Morgan fingerprint density at radius 3 is 2.85 bits per heavy atom. The van der Waals surface area contributed by atoms with Crippen molar-refractivity contribution in [1.29, 1.82) is 0 Å². The number of nitrogens with zero attached hydrogens (tertiary/aromatic N) is 1. The number of rotatable bonds is 6. The fourth-order valence-electron chi connectivity index (χ4n) is 3.16. The molecule has 3 atom stereocenters. The van der Waals surface area contributed by atoms with Gasteiger partial charge in [0.15, 0.2) is 0 Å². The van der Waals surface area contributed by atoms with Crippen molar-refractivity contribution in [3.05, 3.63) is 29.7 Å². The van der Waals surface area contributed by atoms with Crippen molar-refractivity contribution >= 4 is 33.2 Å². The van der Waals surface area contributed by atoms with Gasteiger partial charge in [-0.2, -0.15) is 4.31 Å². The Labute approximate surface area is 156 Å². The Morgan fingerprint density at radius 1 is 1.42 bits per heavy atom. The fourth-order valence-corrected chi connectivity index (χ4v) is 6.12. The minimum atomic E-state index is -3.59. The molecule has 142 valence electrons. The van der Waals surface area contributed by atoms with Gasteiger partial charge in [0.2, 0.25) is 11.8 Å². The van der Waals surface area contributed by atoms with E-state index in [-0.39, 0.29) is 34.6 Å². The van der Waals surface area contributed by atoms with Crippen LogP contribution in [0.5, 0.6) is 0 Å². The van der Waals surface area contributed by atoms with Crippen LogP contribution < -0.4 is 10.6 Å². The van der Waals surface area contributed by atoms with Gasteiger partial charge in [0.1, 0.15) is 10.4 Å². The summed E-state index contributed by atoms with van der Waals surface area (Å²) in [6.07, 6.45) is 1.14. The summed E-state index contributed by atoms with van der Waals surface area (Å²) in [4.78, 5) is 23.1. The van der Waals surface area contributed by atoms with Crippen molar-refractivity contribution in [2.24, 2.45) is 5.92 Å². The molecule has 0 aromatic carbocycles. The summed E-state index contributed by atoms with van der Waals surface area (Å²) < 4.78 is 33.1. The summed E-state index contributed by atoms with van der Waals surface area (Å²) in [7, 11) is -3.59. The van der Waals surface area contributed by atoms with E-state index in [4.69, 9.17) is 4.74 Å². The standard InChI is InChI=1S/C16H21N3O5S2/c1-3-14(21)18-15-6-11-8-19(9-13(11)24-15)26(22,23)16-5-4-12(25-16)7-17-10(2)20/h3-5,11,13,15H,1,6-9H2,2H3,(H,17,20)(H,18,21). The minimum Gasteiger partial charge on any atom is -0.354 e. The first kappa shape index (κ1) is 19.0. The van der Waals surface area contributed by atoms with Crippen LogP contribution in [0.25, 0.3) is 0 Å². The summed E-state index contributed by atoms with van der Waals surface area (Å²) in [5, 5.41) is 5.34. The number of fused-ring (bicyclic) bond motifs is 1. The van der Waals surface area contributed by atoms with Crippen LogP contribution in [-0.2, 0) is 30.9 Å². The van der Waals surface area contributed by atoms with E-state index >= 15 is 0 Å². The number of nitrogens with one attached hydrogen (secondary N) is 2. The highest BCUT2D eigenvalue weighted by molar-refractivity contribution is 7.91. The van der Waals surface area contributed by atoms with E-state index in [1.54, 1.807) is 12.1 Å². The van der Waals surface area contributed by atoms with Gasteiger partial charge in [0.05, 0.1) is 12.6 Å². The average Bonchev–Trinajstić information content (AvgIpc) is 3.27. The lowest BCUT2D eigenvalue weighted by molar-refractivity contribution is -0.120. The number of thiophene rings is 1. The van der Waals surface area contributed by atoms with Crippen LogP contribution in [0.4, 0.5) is 0 Å². The summed E-state index contributed by atoms with van der Waals surface area (Å²) in [6.45, 7) is 5.77. The third-order valence-electron chi connectivity index (χ3n) is 4.43. The fraction of sp³-hybridized carbons (Fsp3) is 0.500. The van der Waals surface area contributed by atoms with Crippen molar-refractivity contribution in [1.82, 2.24) is 14.9 Å². The lowest BCUT2D eigenvalue weighted by atomic mass is 10.1. The molecule has 0 spiro atoms. The molecule has 0 radical (unpaired) electrons. The molecule has 8 nitrogen and oxygen atoms in total. The van der Waals surface area contributed by atoms with Crippen LogP contribution in [-0.4, -0.2) is 50.0 Å². The van der Waals surface area contributed by atoms with E-state index in [2.05, 4.69) is 17.2 Å². The van der Waals surface area contributed by atoms with Crippen LogP contribution in [0.2, 0.25) is 0 Å². The number of carbonyl (C=O) groups is 2. The molecule has 1 aromatic heterocycles. The molecule has 10 heteroatoms. The summed E-state index contributed by atoms with van der Waals surface area (Å²) in [6, 6.07) is 3.28. The van der Waals surface area contributed by atoms with Crippen molar-refractivity contribution in [2.45, 2.75) is 36.4 Å². The average molecular weight is 399 g/mol. The van der Waals surface area contributed by atoms with Crippen LogP contribution >= 0.6 is 11.3 Å². The lowest BCUT2D eigenvalue weighted by Crippen LogP contribution is -2.36. The second-order valence-corrected chi connectivity index (χ2v) is 9.66. The predicted molar refractivity (Wildman–Crippen MR) is 95.7 cm³/mol. The van der Waals surface area contributed by atoms with Gasteiger partial charge < -0.3 is 15.4 Å². The number of hydrogen-bond donors (Lipinski definition) is 2. The van der Waals surface area contributed by atoms with Crippen molar-refractivity contribution in [2.75, 3.05) is 13.1 Å². The molecule has 0 saturated carbocycles. The van der Waals surface area contributed by atoms with Crippen molar-refractivity contribution in [3.8, 4) is 0 Å². The van der Waals surface area contributed by atoms with E-state index in [0.717, 1.165) is 16.2 Å². The SMILES string of the molecule is C=CC(=O)NC1CC2CN(S(=O)(=O)c3ccc(CNC(C)=O)s3)CC2O1. The van der Waals surface area contributed by atoms with E-state index in [1.807, 2.05) is 0 Å². The number of sulfonamides is 1. The Hall–Kier alpha value is -1.75. The highest BCUT2D eigenvalue weighted by Gasteiger charge is 2.46. The Kier molecular flexibility index (Phi) is 5.47. The monoisotopic (exact) mass is 399 g/mol. The van der Waals surface area contributed by atoms with Gasteiger partial charge in [-0.15, -0.1) is 11.3 Å². The number of ether oxygens (including phenoxy) is 1. The van der Waals surface area contributed by atoms with Crippen LogP contribution in [0.15, 0.2) is 29.0 Å². The zero-order valence-corrected chi connectivity index (χ0v) is 15.9. The molecule has 3 heterocycles. The van der Waals surface area contributed by atoms with Crippen molar-refractivity contribution in [3.63, 3.8) is 0 Å². The van der Waals surface area contributed by atoms with E-state index in [9.17, 15) is 18.0 Å². The largest absolute Gasteiger partial charge is 0.354 e. The molecule has 2 amide bonds. The van der Waals surface area contributed by atoms with Gasteiger partial charge in [0, 0.05) is 30.8 Å². The summed E-state index contributed by atoms with van der Waals surface area (Å²) in [5.41, 5.74) is 0. The van der Waals surface area contributed by atoms with E-state index in [1.165, 1.54) is 17.3 Å². The molecule has 0 bridgehead atoms. The third-order valence-corrected chi connectivity index (χ3v) is 7.82. The first-order valence-corrected chi connectivity index (χ1v) is 10.5. The maximum absolute atomic E-state index is 12.8. The Morgan fingerprint density at radius 2 is 2.19 bits per heavy atom. The Bertz CT molecular complexity index is 806. The van der Waals surface area contributed by atoms with E-state index in [0.29, 0.717) is 19.5 Å². The zero-order valence-electron chi connectivity index (χ0n) is 14.3. The molecule has 26 heavy (non-hydrogen) atoms. The highest BCUT2D eigenvalue weighted by atomic mass is 32.2. The molecule has 2 N–H and O–H groups in total. The zero-order chi connectivity index (χ0) is 18.9. The van der Waals surface area contributed by atoms with Crippen molar-refractivity contribution < 1.29 is 22.7 Å². The molecule has 0 aliphatic carbocycles. The maximum Gasteiger partial charge on any atom is 0.252 e. The normalized spacial score (nSPS) is 25.7. The van der Waals surface area contributed by atoms with Crippen LogP contribution in [0.3, 0.4) is 0 Å². The molecule has 3 rings (SSSR count). The third kappa shape index (κ3) is 3.98. The van der Waals surface area contributed by atoms with Gasteiger partial charge in [-0.25, -0.2) is 8.42 Å². The smallest absolute Gasteiger partial charge is 0.252 e. The summed E-state index contributed by atoms with van der Waals surface area (Å²) >= 11 is 1.16. The topological polar surface area (TPSA) is 105 Å². The molecule has 2 aliphatic heterocycles. The maximum atomic E-state index is 12.8. The quantitative estimate of drug-likeness (QED) is 0.675. The second kappa shape index (κ2) is 7.47. The van der Waals surface area contributed by atoms with Gasteiger partial charge in [0.25, 0.3) is 10.0 Å². The molecule has 2 fully saturated rings. The number of carbonyl (C=O) groups excluding carboxylic acids is 2. The van der Waals surface area contributed by atoms with Gasteiger partial charge in [-0.1, -0.05) is 6.58 Å². The number of hydrogen-bond acceptors (Lipinski definition) is 6. The number of amides is 2. The second-order valence-electron chi connectivity index (χ2n) is 6.32. The minimum absolute atomic E-state index is 0.0544. The molecular formula is C16H21N3O5S2. The van der Waals surface area contributed by atoms with Gasteiger partial charge in [-0.05, 0) is 24.6 Å². The first-order chi connectivity index (χ1) is 12.3. The molecule has 2 saturated heterocycles. The van der Waals surface area contributed by atoms with Gasteiger partial charge >= 0.3 is 0 Å². The first-order valence-electron chi connectivity index (χ1n) is 8.21. The van der Waals surface area contributed by atoms with Crippen LogP contribution in [0.1, 0.15) is 18.2 Å². The molecule has 3 unspecified atom stereocenters. The molecular weight excluding hydrogens is 378 g/mol. The highest BCUT2D eigenvalue weighted by Crippen LogP contribution is 2.36. The van der Waals surface area contributed by atoms with Gasteiger partial charge in [-0.3, -0.25) is 9.59 Å². The lowest BCUT2D eigenvalue weighted by Gasteiger charge is -2.18. The van der Waals surface area contributed by atoms with E-state index < -0.39 is 16.3 Å². The summed E-state index contributed by atoms with van der Waals surface area (Å²) in [5.74, 6) is -0.408. The Balaban J connectivity index is 1.62. The molecule has 2 aliphatic rings. The molecule has 1 aromatic rings. The predicted octanol–water partition coefficient (Wildman–Crippen LogP) is 0.422. The van der Waals surface area contributed by atoms with Crippen LogP contribution in [0, 0.1) is 5.92 Å².